The molecule has 1 saturated heterocycles. The molecular weight excluding hydrogens is 428 g/mol. The molecular formula is C24H18N2O5S. The number of furan rings is 1. The Balaban J connectivity index is 1.67. The van der Waals surface area contributed by atoms with Crippen LogP contribution < -0.4 is 9.64 Å². The maximum atomic E-state index is 13.1. The topological polar surface area (TPSA) is 92.9 Å². The number of anilines is 1. The van der Waals surface area contributed by atoms with Gasteiger partial charge in [-0.05, 0) is 37.3 Å². The van der Waals surface area contributed by atoms with Crippen molar-refractivity contribution in [1.82, 2.24) is 4.98 Å². The summed E-state index contributed by atoms with van der Waals surface area (Å²) < 4.78 is 11.9. The Labute approximate surface area is 187 Å². The van der Waals surface area contributed by atoms with Crippen LogP contribution in [0.3, 0.4) is 0 Å². The molecule has 1 fully saturated rings. The monoisotopic (exact) mass is 446 g/mol. The van der Waals surface area contributed by atoms with Crippen molar-refractivity contribution in [3.8, 4) is 5.75 Å². The van der Waals surface area contributed by atoms with Crippen LogP contribution in [0.15, 0.2) is 76.9 Å². The number of Topliss-reactive ketones (excluding diaryl/α,β-unsaturated/α-hetero) is 1. The Morgan fingerprint density at radius 2 is 1.97 bits per heavy atom. The van der Waals surface area contributed by atoms with Gasteiger partial charge in [0.05, 0.1) is 28.7 Å². The standard InChI is InChI=1S/C24H18N2O5S/c1-2-30-15-10-11-16-18(13-15)32-24(25-16)26-20(17-9-6-12-31-17)19(22(28)23(26)29)21(27)14-7-4-3-5-8-14/h3-13,20,27H,2H2,1H3/b21-19+. The van der Waals surface area contributed by atoms with E-state index in [1.807, 2.05) is 25.1 Å². The van der Waals surface area contributed by atoms with Crippen molar-refractivity contribution in [3.05, 3.63) is 83.8 Å². The Bertz CT molecular complexity index is 1340. The third-order valence-electron chi connectivity index (χ3n) is 5.17. The fraction of sp³-hybridized carbons (Fsp3) is 0.125. The maximum absolute atomic E-state index is 13.1. The highest BCUT2D eigenvalue weighted by atomic mass is 32.1. The first-order valence-electron chi connectivity index (χ1n) is 10.0. The summed E-state index contributed by atoms with van der Waals surface area (Å²) in [7, 11) is 0. The number of ketones is 1. The predicted octanol–water partition coefficient (Wildman–Crippen LogP) is 4.91. The number of carbonyl (C=O) groups excluding carboxylic acids is 2. The van der Waals surface area contributed by atoms with E-state index in [0.29, 0.717) is 34.3 Å². The number of aliphatic hydroxyl groups is 1. The summed E-state index contributed by atoms with van der Waals surface area (Å²) in [6, 6.07) is 16.5. The number of hydrogen-bond acceptors (Lipinski definition) is 7. The average molecular weight is 446 g/mol. The molecule has 0 radical (unpaired) electrons. The number of hydrogen-bond donors (Lipinski definition) is 1. The lowest BCUT2D eigenvalue weighted by molar-refractivity contribution is -0.132. The number of thiazole rings is 1. The molecule has 5 rings (SSSR count). The number of rotatable bonds is 5. The van der Waals surface area contributed by atoms with Crippen LogP contribution in [-0.4, -0.2) is 28.4 Å². The zero-order chi connectivity index (χ0) is 22.2. The molecule has 1 aliphatic heterocycles. The van der Waals surface area contributed by atoms with E-state index in [0.717, 1.165) is 4.70 Å². The van der Waals surface area contributed by atoms with E-state index < -0.39 is 17.7 Å². The zero-order valence-electron chi connectivity index (χ0n) is 17.0. The van der Waals surface area contributed by atoms with E-state index in [2.05, 4.69) is 4.98 Å². The first-order chi connectivity index (χ1) is 15.6. The molecule has 1 aliphatic rings. The summed E-state index contributed by atoms with van der Waals surface area (Å²) >= 11 is 1.27. The van der Waals surface area contributed by atoms with Crippen LogP contribution in [-0.2, 0) is 9.59 Å². The maximum Gasteiger partial charge on any atom is 0.302 e. The average Bonchev–Trinajstić information content (AvgIpc) is 3.53. The zero-order valence-corrected chi connectivity index (χ0v) is 17.8. The summed E-state index contributed by atoms with van der Waals surface area (Å²) in [4.78, 5) is 32.1. The Morgan fingerprint density at radius 1 is 1.16 bits per heavy atom. The van der Waals surface area contributed by atoms with Crippen molar-refractivity contribution in [1.29, 1.82) is 0 Å². The SMILES string of the molecule is CCOc1ccc2nc(N3C(=O)C(=O)/C(=C(/O)c4ccccc4)C3c3ccco3)sc2c1. The fourth-order valence-corrected chi connectivity index (χ4v) is 4.77. The molecule has 1 unspecified atom stereocenters. The van der Waals surface area contributed by atoms with Crippen molar-refractivity contribution in [3.63, 3.8) is 0 Å². The van der Waals surface area contributed by atoms with Crippen LogP contribution >= 0.6 is 11.3 Å². The second-order valence-corrected chi connectivity index (χ2v) is 8.12. The van der Waals surface area contributed by atoms with Crippen molar-refractivity contribution in [2.45, 2.75) is 13.0 Å². The van der Waals surface area contributed by atoms with E-state index in [1.54, 1.807) is 42.5 Å². The van der Waals surface area contributed by atoms with Crippen molar-refractivity contribution < 1.29 is 23.8 Å². The van der Waals surface area contributed by atoms with Crippen LogP contribution in [0.1, 0.15) is 24.3 Å². The quantitative estimate of drug-likeness (QED) is 0.266. The molecule has 160 valence electrons. The van der Waals surface area contributed by atoms with Crippen LogP contribution in [0.2, 0.25) is 0 Å². The molecule has 8 heteroatoms. The molecule has 1 N–H and O–H groups in total. The summed E-state index contributed by atoms with van der Waals surface area (Å²) in [6.45, 7) is 2.43. The molecule has 32 heavy (non-hydrogen) atoms. The van der Waals surface area contributed by atoms with E-state index >= 15 is 0 Å². The van der Waals surface area contributed by atoms with Gasteiger partial charge < -0.3 is 14.3 Å². The smallest absolute Gasteiger partial charge is 0.302 e. The summed E-state index contributed by atoms with van der Waals surface area (Å²) in [5, 5.41) is 11.3. The van der Waals surface area contributed by atoms with Crippen molar-refractivity contribution >= 4 is 44.1 Å². The lowest BCUT2D eigenvalue weighted by Gasteiger charge is -2.20. The normalized spacial score (nSPS) is 17.9. The predicted molar refractivity (Wildman–Crippen MR) is 121 cm³/mol. The van der Waals surface area contributed by atoms with Gasteiger partial charge in [-0.15, -0.1) is 0 Å². The van der Waals surface area contributed by atoms with Gasteiger partial charge in [0.15, 0.2) is 5.13 Å². The summed E-state index contributed by atoms with van der Waals surface area (Å²) in [5.41, 5.74) is 1.08. The molecule has 2 aromatic carbocycles. The van der Waals surface area contributed by atoms with Gasteiger partial charge >= 0.3 is 5.91 Å². The molecule has 0 bridgehead atoms. The van der Waals surface area contributed by atoms with Crippen LogP contribution in [0.5, 0.6) is 5.75 Å². The van der Waals surface area contributed by atoms with Gasteiger partial charge in [-0.1, -0.05) is 41.7 Å². The number of nitrogens with zero attached hydrogens (tertiary/aromatic N) is 2. The molecule has 0 spiro atoms. The van der Waals surface area contributed by atoms with Crippen LogP contribution in [0.4, 0.5) is 5.13 Å². The minimum atomic E-state index is -0.933. The molecule has 0 aliphatic carbocycles. The number of ether oxygens (including phenoxy) is 1. The third-order valence-corrected chi connectivity index (χ3v) is 6.19. The van der Waals surface area contributed by atoms with Gasteiger partial charge in [0.25, 0.3) is 5.78 Å². The van der Waals surface area contributed by atoms with Gasteiger partial charge in [0, 0.05) is 5.56 Å². The number of fused-ring (bicyclic) bond motifs is 1. The number of amides is 1. The minimum absolute atomic E-state index is 0.0367. The second-order valence-electron chi connectivity index (χ2n) is 7.11. The molecule has 1 atom stereocenters. The lowest BCUT2D eigenvalue weighted by atomic mass is 9.99. The van der Waals surface area contributed by atoms with E-state index in [-0.39, 0.29) is 11.3 Å². The Morgan fingerprint density at radius 3 is 2.69 bits per heavy atom. The molecule has 4 aromatic rings. The lowest BCUT2D eigenvalue weighted by Crippen LogP contribution is -2.29. The summed E-state index contributed by atoms with van der Waals surface area (Å²) in [5.74, 6) is -0.762. The van der Waals surface area contributed by atoms with Gasteiger partial charge in [-0.2, -0.15) is 0 Å². The highest BCUT2D eigenvalue weighted by molar-refractivity contribution is 7.22. The van der Waals surface area contributed by atoms with E-state index in [9.17, 15) is 14.7 Å². The largest absolute Gasteiger partial charge is 0.507 e. The highest BCUT2D eigenvalue weighted by Gasteiger charge is 2.49. The Hall–Kier alpha value is -3.91. The number of benzene rings is 2. The number of aliphatic hydroxyl groups excluding tert-OH is 1. The van der Waals surface area contributed by atoms with Gasteiger partial charge in [0.2, 0.25) is 0 Å². The molecule has 7 nitrogen and oxygen atoms in total. The second kappa shape index (κ2) is 7.97. The first-order valence-corrected chi connectivity index (χ1v) is 10.8. The fourth-order valence-electron chi connectivity index (χ4n) is 3.75. The van der Waals surface area contributed by atoms with Crippen molar-refractivity contribution in [2.24, 2.45) is 0 Å². The van der Waals surface area contributed by atoms with Gasteiger partial charge in [-0.25, -0.2) is 4.98 Å². The minimum Gasteiger partial charge on any atom is -0.507 e. The van der Waals surface area contributed by atoms with Crippen molar-refractivity contribution in [2.75, 3.05) is 11.5 Å². The first kappa shape index (κ1) is 20.0. The number of carbonyl (C=O) groups is 2. The highest BCUT2D eigenvalue weighted by Crippen LogP contribution is 2.44. The van der Waals surface area contributed by atoms with Gasteiger partial charge in [-0.3, -0.25) is 14.5 Å². The molecule has 1 amide bonds. The van der Waals surface area contributed by atoms with E-state index in [4.69, 9.17) is 9.15 Å². The molecule has 3 heterocycles. The number of aromatic nitrogens is 1. The molecule has 2 aromatic heterocycles. The summed E-state index contributed by atoms with van der Waals surface area (Å²) in [6.07, 6.45) is 1.46. The van der Waals surface area contributed by atoms with E-state index in [1.165, 1.54) is 22.5 Å². The van der Waals surface area contributed by atoms with Gasteiger partial charge in [0.1, 0.15) is 23.3 Å². The molecule has 0 saturated carbocycles. The third kappa shape index (κ3) is 3.25. The van der Waals surface area contributed by atoms with Crippen LogP contribution in [0, 0.1) is 0 Å². The van der Waals surface area contributed by atoms with Crippen LogP contribution in [0.25, 0.3) is 16.0 Å². The Kier molecular flexibility index (Phi) is 4.99.